The van der Waals surface area contributed by atoms with Gasteiger partial charge in [-0.15, -0.1) is 0 Å². The van der Waals surface area contributed by atoms with Crippen LogP contribution in [0.1, 0.15) is 5.69 Å². The van der Waals surface area contributed by atoms with Gasteiger partial charge in [0.15, 0.2) is 0 Å². The monoisotopic (exact) mass is 188 g/mol. The number of hydrogen-bond acceptors (Lipinski definition) is 3. The maximum Gasteiger partial charge on any atom is 0.147 e. The topological polar surface area (TPSA) is 25.8 Å². The molecule has 1 aromatic carbocycles. The zero-order valence-corrected chi connectivity index (χ0v) is 8.01. The summed E-state index contributed by atoms with van der Waals surface area (Å²) in [6.45, 7) is 1.87. The Morgan fingerprint density at radius 2 is 2.00 bits per heavy atom. The number of hydrogen-bond donors (Lipinski definition) is 0. The average Bonchev–Trinajstić information content (AvgIpc) is 2.28. The quantitative estimate of drug-likeness (QED) is 0.594. The summed E-state index contributed by atoms with van der Waals surface area (Å²) >= 11 is 5.07. The number of fused-ring (bicyclic) bond motifs is 1. The van der Waals surface area contributed by atoms with Crippen molar-refractivity contribution in [1.82, 2.24) is 9.97 Å². The van der Waals surface area contributed by atoms with E-state index in [0.717, 1.165) is 16.6 Å². The lowest BCUT2D eigenvalue weighted by Gasteiger charge is -1.86. The van der Waals surface area contributed by atoms with E-state index in [2.05, 4.69) is 9.97 Å². The Balaban J connectivity index is 2.97. The minimum Gasteiger partial charge on any atom is -0.258 e. The van der Waals surface area contributed by atoms with Crippen molar-refractivity contribution >= 4 is 23.1 Å². The second-order valence-electron chi connectivity index (χ2n) is 2.82. The molecule has 2 aromatic rings. The standard InChI is InChI=1S/C10H8N2S/c1-7-10(13)12-9-5-3-2-4-8(9)6-11-7/h2-6H,1H3. The molecule has 0 aliphatic carbocycles. The first-order valence-electron chi connectivity index (χ1n) is 4.00. The predicted octanol–water partition coefficient (Wildman–Crippen LogP) is 2.67. The lowest BCUT2D eigenvalue weighted by Crippen LogP contribution is -1.74. The van der Waals surface area contributed by atoms with E-state index in [1.165, 1.54) is 0 Å². The highest BCUT2D eigenvalue weighted by atomic mass is 32.1. The van der Waals surface area contributed by atoms with Gasteiger partial charge in [-0.1, -0.05) is 30.4 Å². The first-order chi connectivity index (χ1) is 6.27. The minimum atomic E-state index is 0.571. The van der Waals surface area contributed by atoms with Crippen molar-refractivity contribution < 1.29 is 0 Å². The second kappa shape index (κ2) is 3.18. The van der Waals surface area contributed by atoms with E-state index < -0.39 is 0 Å². The van der Waals surface area contributed by atoms with E-state index in [9.17, 15) is 0 Å². The SMILES string of the molecule is Cc1ncc2ccccc2nc1=S. The summed E-state index contributed by atoms with van der Waals surface area (Å²) in [5.41, 5.74) is 1.69. The summed E-state index contributed by atoms with van der Waals surface area (Å²) in [6, 6.07) is 7.82. The van der Waals surface area contributed by atoms with E-state index in [0.29, 0.717) is 4.64 Å². The van der Waals surface area contributed by atoms with Gasteiger partial charge in [0, 0.05) is 11.6 Å². The van der Waals surface area contributed by atoms with E-state index in [1.54, 1.807) is 6.20 Å². The first-order valence-corrected chi connectivity index (χ1v) is 4.41. The van der Waals surface area contributed by atoms with Crippen molar-refractivity contribution in [2.24, 2.45) is 0 Å². The molecule has 0 fully saturated rings. The molecular formula is C10H8N2S. The molecule has 0 atom stereocenters. The molecule has 0 spiro atoms. The average molecular weight is 188 g/mol. The Kier molecular flexibility index (Phi) is 2.02. The highest BCUT2D eigenvalue weighted by Crippen LogP contribution is 2.08. The van der Waals surface area contributed by atoms with Crippen LogP contribution in [0.5, 0.6) is 0 Å². The van der Waals surface area contributed by atoms with Gasteiger partial charge >= 0.3 is 0 Å². The van der Waals surface area contributed by atoms with Crippen LogP contribution in [0.4, 0.5) is 0 Å². The fourth-order valence-corrected chi connectivity index (χ4v) is 1.26. The summed E-state index contributed by atoms with van der Waals surface area (Å²) in [5.74, 6) is 0. The third-order valence-corrected chi connectivity index (χ3v) is 2.25. The van der Waals surface area contributed by atoms with Crippen LogP contribution in [0.3, 0.4) is 0 Å². The van der Waals surface area contributed by atoms with E-state index >= 15 is 0 Å². The molecule has 0 bridgehead atoms. The molecule has 64 valence electrons. The van der Waals surface area contributed by atoms with Crippen LogP contribution < -0.4 is 0 Å². The maximum absolute atomic E-state index is 5.07. The van der Waals surface area contributed by atoms with E-state index in [-0.39, 0.29) is 0 Å². The van der Waals surface area contributed by atoms with Gasteiger partial charge in [-0.05, 0) is 13.0 Å². The van der Waals surface area contributed by atoms with Crippen molar-refractivity contribution in [1.29, 1.82) is 0 Å². The van der Waals surface area contributed by atoms with E-state index in [1.807, 2.05) is 31.2 Å². The van der Waals surface area contributed by atoms with Crippen LogP contribution in [0, 0.1) is 11.6 Å². The molecule has 0 aliphatic rings. The third-order valence-electron chi connectivity index (χ3n) is 1.87. The van der Waals surface area contributed by atoms with Crippen LogP contribution in [-0.4, -0.2) is 9.97 Å². The zero-order valence-electron chi connectivity index (χ0n) is 7.19. The first kappa shape index (κ1) is 8.26. The summed E-state index contributed by atoms with van der Waals surface area (Å²) in [6.07, 6.45) is 1.80. The number of para-hydroxylation sites is 1. The Labute approximate surface area is 81.3 Å². The number of aromatic nitrogens is 2. The Morgan fingerprint density at radius 1 is 1.23 bits per heavy atom. The molecule has 0 amide bonds. The number of nitrogens with zero attached hydrogens (tertiary/aromatic N) is 2. The highest BCUT2D eigenvalue weighted by molar-refractivity contribution is 7.71. The number of rotatable bonds is 0. The molecule has 0 aliphatic heterocycles. The van der Waals surface area contributed by atoms with Crippen LogP contribution in [0.25, 0.3) is 10.9 Å². The zero-order chi connectivity index (χ0) is 9.26. The van der Waals surface area contributed by atoms with Crippen molar-refractivity contribution in [3.8, 4) is 0 Å². The molecule has 0 saturated carbocycles. The molecule has 0 radical (unpaired) electrons. The third kappa shape index (κ3) is 1.55. The van der Waals surface area contributed by atoms with Crippen LogP contribution in [-0.2, 0) is 0 Å². The molecular weight excluding hydrogens is 180 g/mol. The second-order valence-corrected chi connectivity index (χ2v) is 3.21. The summed E-state index contributed by atoms with van der Waals surface area (Å²) < 4.78 is 0.571. The highest BCUT2D eigenvalue weighted by Gasteiger charge is 1.93. The van der Waals surface area contributed by atoms with Gasteiger partial charge in [0.05, 0.1) is 11.2 Å². The van der Waals surface area contributed by atoms with Crippen LogP contribution in [0.2, 0.25) is 0 Å². The Bertz CT molecular complexity index is 508. The fraction of sp³-hybridized carbons (Fsp3) is 0.100. The number of aryl methyl sites for hydroxylation is 1. The smallest absolute Gasteiger partial charge is 0.147 e. The normalized spacial score (nSPS) is 10.2. The van der Waals surface area contributed by atoms with Crippen molar-refractivity contribution in [2.45, 2.75) is 6.92 Å². The molecule has 0 N–H and O–H groups in total. The van der Waals surface area contributed by atoms with Gasteiger partial charge in [0.2, 0.25) is 0 Å². The van der Waals surface area contributed by atoms with Crippen LogP contribution >= 0.6 is 12.2 Å². The van der Waals surface area contributed by atoms with Gasteiger partial charge < -0.3 is 0 Å². The molecule has 0 saturated heterocycles. The van der Waals surface area contributed by atoms with Gasteiger partial charge in [-0.3, -0.25) is 4.98 Å². The molecule has 1 aromatic heterocycles. The molecule has 0 unspecified atom stereocenters. The lowest BCUT2D eigenvalue weighted by molar-refractivity contribution is 1.18. The molecule has 3 heteroatoms. The van der Waals surface area contributed by atoms with Crippen molar-refractivity contribution in [3.63, 3.8) is 0 Å². The number of benzene rings is 1. The van der Waals surface area contributed by atoms with Crippen molar-refractivity contribution in [2.75, 3.05) is 0 Å². The molecule has 13 heavy (non-hydrogen) atoms. The summed E-state index contributed by atoms with van der Waals surface area (Å²) in [7, 11) is 0. The van der Waals surface area contributed by atoms with Crippen LogP contribution in [0.15, 0.2) is 30.5 Å². The van der Waals surface area contributed by atoms with Gasteiger partial charge in [-0.25, -0.2) is 4.98 Å². The minimum absolute atomic E-state index is 0.571. The summed E-state index contributed by atoms with van der Waals surface area (Å²) in [4.78, 5) is 8.49. The Morgan fingerprint density at radius 3 is 2.85 bits per heavy atom. The fourth-order valence-electron chi connectivity index (χ4n) is 1.11. The largest absolute Gasteiger partial charge is 0.258 e. The molecule has 2 rings (SSSR count). The summed E-state index contributed by atoms with van der Waals surface area (Å²) in [5, 5.41) is 1.02. The Hall–Kier alpha value is -1.35. The van der Waals surface area contributed by atoms with Gasteiger partial charge in [0.1, 0.15) is 4.64 Å². The predicted molar refractivity (Wildman–Crippen MR) is 55.1 cm³/mol. The molecule has 2 nitrogen and oxygen atoms in total. The van der Waals surface area contributed by atoms with Gasteiger partial charge in [-0.2, -0.15) is 0 Å². The molecule has 1 heterocycles. The van der Waals surface area contributed by atoms with Gasteiger partial charge in [0.25, 0.3) is 0 Å². The lowest BCUT2D eigenvalue weighted by atomic mass is 10.2. The van der Waals surface area contributed by atoms with Crippen molar-refractivity contribution in [3.05, 3.63) is 40.8 Å². The van der Waals surface area contributed by atoms with E-state index in [4.69, 9.17) is 12.2 Å². The maximum atomic E-state index is 5.07.